The maximum Gasteiger partial charge on any atom is 0.0331 e. The molecule has 1 aliphatic rings. The van der Waals surface area contributed by atoms with E-state index in [9.17, 15) is 0 Å². The number of hydrogen-bond donors (Lipinski definition) is 1. The predicted octanol–water partition coefficient (Wildman–Crippen LogP) is 3.79. The maximum atomic E-state index is 6.20. The minimum Gasteiger partial charge on any atom is -0.329 e. The maximum absolute atomic E-state index is 6.20. The standard InChI is InChI=1S/C16H34N2/c1-6-14(7-2)18(5)16(13-17)10-8-9-15(3,4)11-12-16/h14H,6-13,17H2,1-5H3. The molecule has 18 heavy (non-hydrogen) atoms. The van der Waals surface area contributed by atoms with Gasteiger partial charge in [-0.25, -0.2) is 0 Å². The first-order valence-electron chi connectivity index (χ1n) is 7.84. The summed E-state index contributed by atoms with van der Waals surface area (Å²) in [6.45, 7) is 10.2. The lowest BCUT2D eigenvalue weighted by molar-refractivity contribution is 0.0559. The fourth-order valence-corrected chi connectivity index (χ4v) is 3.64. The van der Waals surface area contributed by atoms with E-state index in [0.717, 1.165) is 6.54 Å². The first kappa shape index (κ1) is 16.0. The van der Waals surface area contributed by atoms with Crippen molar-refractivity contribution in [1.82, 2.24) is 4.90 Å². The van der Waals surface area contributed by atoms with Gasteiger partial charge in [-0.3, -0.25) is 4.90 Å². The molecule has 1 aliphatic carbocycles. The third-order valence-electron chi connectivity index (χ3n) is 5.38. The molecule has 1 rings (SSSR count). The van der Waals surface area contributed by atoms with Crippen molar-refractivity contribution in [1.29, 1.82) is 0 Å². The average molecular weight is 254 g/mol. The Morgan fingerprint density at radius 2 is 1.67 bits per heavy atom. The summed E-state index contributed by atoms with van der Waals surface area (Å²) < 4.78 is 0. The fraction of sp³-hybridized carbons (Fsp3) is 1.00. The van der Waals surface area contributed by atoms with Gasteiger partial charge in [0, 0.05) is 18.1 Å². The highest BCUT2D eigenvalue weighted by Crippen LogP contribution is 2.40. The summed E-state index contributed by atoms with van der Waals surface area (Å²) in [5, 5.41) is 0. The average Bonchev–Trinajstić information content (AvgIpc) is 2.50. The van der Waals surface area contributed by atoms with Crippen LogP contribution in [0.1, 0.15) is 72.6 Å². The molecule has 1 saturated carbocycles. The summed E-state index contributed by atoms with van der Waals surface area (Å²) in [5.74, 6) is 0. The van der Waals surface area contributed by atoms with Crippen LogP contribution in [0.5, 0.6) is 0 Å². The lowest BCUT2D eigenvalue weighted by Gasteiger charge is -2.45. The number of nitrogens with zero attached hydrogens (tertiary/aromatic N) is 1. The van der Waals surface area contributed by atoms with E-state index in [0.29, 0.717) is 11.5 Å². The quantitative estimate of drug-likeness (QED) is 0.756. The molecule has 0 heterocycles. The normalized spacial score (nSPS) is 28.7. The third kappa shape index (κ3) is 3.48. The van der Waals surface area contributed by atoms with Crippen LogP contribution in [0.3, 0.4) is 0 Å². The monoisotopic (exact) mass is 254 g/mol. The minimum absolute atomic E-state index is 0.254. The van der Waals surface area contributed by atoms with Crippen LogP contribution in [0.4, 0.5) is 0 Å². The molecular weight excluding hydrogens is 220 g/mol. The lowest BCUT2D eigenvalue weighted by Crippen LogP contribution is -2.55. The zero-order valence-electron chi connectivity index (χ0n) is 13.3. The molecule has 0 aliphatic heterocycles. The summed E-state index contributed by atoms with van der Waals surface area (Å²) in [5.41, 5.74) is 6.96. The molecule has 0 amide bonds. The van der Waals surface area contributed by atoms with E-state index < -0.39 is 0 Å². The minimum atomic E-state index is 0.254. The molecule has 1 atom stereocenters. The highest BCUT2D eigenvalue weighted by atomic mass is 15.2. The second kappa shape index (κ2) is 6.38. The molecular formula is C16H34N2. The van der Waals surface area contributed by atoms with Crippen LogP contribution in [0.15, 0.2) is 0 Å². The van der Waals surface area contributed by atoms with E-state index in [2.05, 4.69) is 39.6 Å². The lowest BCUT2D eigenvalue weighted by atomic mass is 9.82. The molecule has 0 aromatic carbocycles. The highest BCUT2D eigenvalue weighted by molar-refractivity contribution is 4.96. The van der Waals surface area contributed by atoms with Crippen molar-refractivity contribution in [3.05, 3.63) is 0 Å². The molecule has 2 heteroatoms. The van der Waals surface area contributed by atoms with Gasteiger partial charge in [0.15, 0.2) is 0 Å². The summed E-state index contributed by atoms with van der Waals surface area (Å²) >= 11 is 0. The van der Waals surface area contributed by atoms with E-state index >= 15 is 0 Å². The summed E-state index contributed by atoms with van der Waals surface area (Å²) in [7, 11) is 2.31. The molecule has 0 aromatic rings. The van der Waals surface area contributed by atoms with Gasteiger partial charge in [0.05, 0.1) is 0 Å². The van der Waals surface area contributed by atoms with Crippen LogP contribution in [0.25, 0.3) is 0 Å². The van der Waals surface area contributed by atoms with E-state index in [1.165, 1.54) is 44.9 Å². The van der Waals surface area contributed by atoms with Crippen molar-refractivity contribution in [3.63, 3.8) is 0 Å². The van der Waals surface area contributed by atoms with Crippen LogP contribution in [0.2, 0.25) is 0 Å². The Morgan fingerprint density at radius 3 is 2.17 bits per heavy atom. The SMILES string of the molecule is CCC(CC)N(C)C1(CN)CCCC(C)(C)CC1. The zero-order valence-corrected chi connectivity index (χ0v) is 13.3. The molecule has 108 valence electrons. The van der Waals surface area contributed by atoms with Gasteiger partial charge in [0.1, 0.15) is 0 Å². The molecule has 0 bridgehead atoms. The van der Waals surface area contributed by atoms with Crippen molar-refractivity contribution in [2.24, 2.45) is 11.1 Å². The Balaban J connectivity index is 2.84. The van der Waals surface area contributed by atoms with Gasteiger partial charge in [-0.15, -0.1) is 0 Å². The molecule has 2 N–H and O–H groups in total. The van der Waals surface area contributed by atoms with E-state index in [1.807, 2.05) is 0 Å². The molecule has 1 fully saturated rings. The van der Waals surface area contributed by atoms with Crippen molar-refractivity contribution < 1.29 is 0 Å². The van der Waals surface area contributed by atoms with Gasteiger partial charge in [0.25, 0.3) is 0 Å². The molecule has 0 aromatic heterocycles. The van der Waals surface area contributed by atoms with Crippen molar-refractivity contribution >= 4 is 0 Å². The second-order valence-electron chi connectivity index (χ2n) is 7.03. The Kier molecular flexibility index (Phi) is 5.67. The molecule has 1 unspecified atom stereocenters. The highest BCUT2D eigenvalue weighted by Gasteiger charge is 2.39. The third-order valence-corrected chi connectivity index (χ3v) is 5.38. The number of likely N-dealkylation sites (N-methyl/N-ethyl adjacent to an activating group) is 1. The number of hydrogen-bond acceptors (Lipinski definition) is 2. The first-order chi connectivity index (χ1) is 8.40. The van der Waals surface area contributed by atoms with Gasteiger partial charge in [-0.2, -0.15) is 0 Å². The van der Waals surface area contributed by atoms with Gasteiger partial charge in [0.2, 0.25) is 0 Å². The van der Waals surface area contributed by atoms with Crippen LogP contribution in [-0.4, -0.2) is 30.1 Å². The van der Waals surface area contributed by atoms with Crippen LogP contribution < -0.4 is 5.73 Å². The molecule has 0 spiro atoms. The Bertz CT molecular complexity index is 245. The Labute approximate surface area is 114 Å². The van der Waals surface area contributed by atoms with E-state index in [-0.39, 0.29) is 5.54 Å². The summed E-state index contributed by atoms with van der Waals surface area (Å²) in [6, 6.07) is 0.690. The van der Waals surface area contributed by atoms with Crippen LogP contribution >= 0.6 is 0 Å². The zero-order chi connectivity index (χ0) is 13.8. The fourth-order valence-electron chi connectivity index (χ4n) is 3.64. The topological polar surface area (TPSA) is 29.3 Å². The van der Waals surface area contributed by atoms with Crippen molar-refractivity contribution in [2.45, 2.75) is 84.2 Å². The van der Waals surface area contributed by atoms with Gasteiger partial charge in [-0.1, -0.05) is 34.1 Å². The number of nitrogens with two attached hydrogens (primary N) is 1. The Hall–Kier alpha value is -0.0800. The predicted molar refractivity (Wildman–Crippen MR) is 80.8 cm³/mol. The van der Waals surface area contributed by atoms with E-state index in [4.69, 9.17) is 5.73 Å². The van der Waals surface area contributed by atoms with Crippen molar-refractivity contribution in [3.8, 4) is 0 Å². The first-order valence-corrected chi connectivity index (χ1v) is 7.84. The van der Waals surface area contributed by atoms with Gasteiger partial charge in [-0.05, 0) is 51.0 Å². The van der Waals surface area contributed by atoms with Crippen molar-refractivity contribution in [2.75, 3.05) is 13.6 Å². The summed E-state index contributed by atoms with van der Waals surface area (Å²) in [6.07, 6.45) is 9.01. The largest absolute Gasteiger partial charge is 0.329 e. The van der Waals surface area contributed by atoms with E-state index in [1.54, 1.807) is 0 Å². The summed E-state index contributed by atoms with van der Waals surface area (Å²) in [4.78, 5) is 2.62. The molecule has 2 nitrogen and oxygen atoms in total. The second-order valence-corrected chi connectivity index (χ2v) is 7.03. The number of rotatable bonds is 5. The molecule has 0 saturated heterocycles. The van der Waals surface area contributed by atoms with Gasteiger partial charge < -0.3 is 5.73 Å². The van der Waals surface area contributed by atoms with Crippen LogP contribution in [0, 0.1) is 5.41 Å². The van der Waals surface area contributed by atoms with Gasteiger partial charge >= 0.3 is 0 Å². The molecule has 0 radical (unpaired) electrons. The van der Waals surface area contributed by atoms with Crippen LogP contribution in [-0.2, 0) is 0 Å². The smallest absolute Gasteiger partial charge is 0.0331 e. The Morgan fingerprint density at radius 1 is 1.06 bits per heavy atom.